The monoisotopic (exact) mass is 193 g/mol. The van der Waals surface area contributed by atoms with Crippen LogP contribution in [0.4, 0.5) is 4.79 Å². The third-order valence-corrected chi connectivity index (χ3v) is 1.96. The van der Waals surface area contributed by atoms with Gasteiger partial charge in [0.15, 0.2) is 0 Å². The summed E-state index contributed by atoms with van der Waals surface area (Å²) >= 11 is 0. The zero-order valence-electron chi connectivity index (χ0n) is 8.10. The van der Waals surface area contributed by atoms with Gasteiger partial charge in [-0.2, -0.15) is 9.90 Å². The zero-order chi connectivity index (χ0) is 10.4. The van der Waals surface area contributed by atoms with E-state index in [2.05, 4.69) is 4.74 Å². The van der Waals surface area contributed by atoms with Crippen molar-refractivity contribution in [2.45, 2.75) is 25.9 Å². The Morgan fingerprint density at radius 2 is 2.00 bits per heavy atom. The number of hydrogen-bond acceptors (Lipinski definition) is 2. The fourth-order valence-electron chi connectivity index (χ4n) is 1.34. The van der Waals surface area contributed by atoms with E-state index < -0.39 is 12.3 Å². The lowest BCUT2D eigenvalue weighted by Crippen LogP contribution is -2.07. The smallest absolute Gasteiger partial charge is 0.424 e. The van der Waals surface area contributed by atoms with Crippen molar-refractivity contribution in [2.75, 3.05) is 0 Å². The summed E-state index contributed by atoms with van der Waals surface area (Å²) in [6.45, 7) is 1.98. The summed E-state index contributed by atoms with van der Waals surface area (Å²) in [7, 11) is 0. The van der Waals surface area contributed by atoms with Crippen LogP contribution in [0.2, 0.25) is 0 Å². The van der Waals surface area contributed by atoms with Crippen molar-refractivity contribution >= 4 is 6.16 Å². The molecule has 1 unspecified atom stereocenters. The molecule has 0 saturated carbocycles. The predicted octanol–water partition coefficient (Wildman–Crippen LogP) is 3.09. The minimum atomic E-state index is -1.47. The number of carbonyl (C=O) groups is 1. The van der Waals surface area contributed by atoms with Gasteiger partial charge in [-0.1, -0.05) is 43.7 Å². The Morgan fingerprint density at radius 1 is 1.36 bits per heavy atom. The average molecular weight is 193 g/mol. The van der Waals surface area contributed by atoms with Crippen molar-refractivity contribution in [3.63, 3.8) is 0 Å². The number of benzene rings is 1. The van der Waals surface area contributed by atoms with Crippen molar-refractivity contribution in [1.29, 1.82) is 0 Å². The average Bonchev–Trinajstić information content (AvgIpc) is 2.18. The van der Waals surface area contributed by atoms with Crippen molar-refractivity contribution in [3.05, 3.63) is 35.9 Å². The van der Waals surface area contributed by atoms with Crippen LogP contribution in [0.1, 0.15) is 31.4 Å². The van der Waals surface area contributed by atoms with Crippen LogP contribution >= 0.6 is 0 Å². The maximum absolute atomic E-state index is 10.3. The first-order valence-electron chi connectivity index (χ1n) is 4.66. The van der Waals surface area contributed by atoms with Crippen LogP contribution in [-0.4, -0.2) is 6.16 Å². The molecule has 1 aromatic rings. The van der Waals surface area contributed by atoms with E-state index in [1.54, 1.807) is 0 Å². The molecule has 0 spiro atoms. The standard InChI is InChI=1S/C11H13O3/c1-2-6-10(14-11(12)13)9-7-4-3-5-8-9/h3-5,7-8,10H,2,6H2,1H3. The van der Waals surface area contributed by atoms with Crippen LogP contribution in [0.5, 0.6) is 0 Å². The summed E-state index contributed by atoms with van der Waals surface area (Å²) in [5.41, 5.74) is 0.874. The van der Waals surface area contributed by atoms with Crippen molar-refractivity contribution in [1.82, 2.24) is 0 Å². The summed E-state index contributed by atoms with van der Waals surface area (Å²) < 4.78 is 4.68. The highest BCUT2D eigenvalue weighted by molar-refractivity contribution is 5.56. The Kier molecular flexibility index (Phi) is 3.98. The SMILES string of the molecule is CCCC(OC([O])=O)c1ccccc1. The lowest BCUT2D eigenvalue weighted by Gasteiger charge is -2.14. The molecular weight excluding hydrogens is 180 g/mol. The number of rotatable bonds is 4. The number of hydrogen-bond donors (Lipinski definition) is 0. The lowest BCUT2D eigenvalue weighted by molar-refractivity contribution is 0.0280. The third kappa shape index (κ3) is 3.09. The van der Waals surface area contributed by atoms with E-state index in [-0.39, 0.29) is 0 Å². The van der Waals surface area contributed by atoms with Gasteiger partial charge in [0.1, 0.15) is 6.10 Å². The minimum absolute atomic E-state index is 0.397. The van der Waals surface area contributed by atoms with E-state index in [1.165, 1.54) is 0 Å². The maximum Gasteiger partial charge on any atom is 0.550 e. The second kappa shape index (κ2) is 5.27. The van der Waals surface area contributed by atoms with Crippen LogP contribution in [0.25, 0.3) is 0 Å². The summed E-state index contributed by atoms with van der Waals surface area (Å²) in [6, 6.07) is 9.30. The Labute approximate surface area is 83.3 Å². The Bertz CT molecular complexity index is 282. The second-order valence-electron chi connectivity index (χ2n) is 3.06. The molecule has 0 aliphatic carbocycles. The van der Waals surface area contributed by atoms with Gasteiger partial charge in [0.2, 0.25) is 0 Å². The quantitative estimate of drug-likeness (QED) is 0.690. The normalized spacial score (nSPS) is 12.1. The molecule has 0 aromatic heterocycles. The molecule has 0 N–H and O–H groups in total. The molecule has 14 heavy (non-hydrogen) atoms. The molecule has 1 radical (unpaired) electrons. The van der Waals surface area contributed by atoms with Crippen LogP contribution < -0.4 is 0 Å². The van der Waals surface area contributed by atoms with Gasteiger partial charge in [-0.15, -0.1) is 0 Å². The summed E-state index contributed by atoms with van der Waals surface area (Å²) in [5.74, 6) is 0. The van der Waals surface area contributed by atoms with E-state index in [1.807, 2.05) is 37.3 Å². The molecule has 0 fully saturated rings. The second-order valence-corrected chi connectivity index (χ2v) is 3.06. The molecule has 0 aliphatic rings. The summed E-state index contributed by atoms with van der Waals surface area (Å²) in [6.07, 6.45) is -0.316. The highest BCUT2D eigenvalue weighted by atomic mass is 16.7. The molecule has 0 aliphatic heterocycles. The Balaban J connectivity index is 2.72. The highest BCUT2D eigenvalue weighted by Gasteiger charge is 2.15. The highest BCUT2D eigenvalue weighted by Crippen LogP contribution is 2.22. The van der Waals surface area contributed by atoms with Crippen LogP contribution in [0.3, 0.4) is 0 Å². The summed E-state index contributed by atoms with van der Waals surface area (Å²) in [5, 5.41) is 10.3. The Hall–Kier alpha value is -1.51. The topological polar surface area (TPSA) is 46.2 Å². The fourth-order valence-corrected chi connectivity index (χ4v) is 1.34. The molecule has 75 valence electrons. The molecule has 0 heterocycles. The molecule has 1 atom stereocenters. The van der Waals surface area contributed by atoms with Crippen molar-refractivity contribution in [2.24, 2.45) is 0 Å². The Morgan fingerprint density at radius 3 is 2.50 bits per heavy atom. The van der Waals surface area contributed by atoms with Gasteiger partial charge in [0.05, 0.1) is 0 Å². The van der Waals surface area contributed by atoms with Gasteiger partial charge in [-0.25, -0.2) is 0 Å². The molecule has 1 rings (SSSR count). The van der Waals surface area contributed by atoms with Gasteiger partial charge in [-0.3, -0.25) is 0 Å². The molecule has 0 saturated heterocycles. The van der Waals surface area contributed by atoms with Crippen molar-refractivity contribution < 1.29 is 14.6 Å². The predicted molar refractivity (Wildman–Crippen MR) is 51.3 cm³/mol. The van der Waals surface area contributed by atoms with Gasteiger partial charge in [0.25, 0.3) is 0 Å². The fraction of sp³-hybridized carbons (Fsp3) is 0.364. The third-order valence-electron chi connectivity index (χ3n) is 1.96. The van der Waals surface area contributed by atoms with E-state index in [9.17, 15) is 9.90 Å². The largest absolute Gasteiger partial charge is 0.550 e. The first kappa shape index (κ1) is 10.6. The van der Waals surface area contributed by atoms with Gasteiger partial charge in [0, 0.05) is 0 Å². The number of carbonyl (C=O) groups excluding carboxylic acids is 1. The molecular formula is C11H13O3. The van der Waals surface area contributed by atoms with E-state index in [4.69, 9.17) is 0 Å². The number of ether oxygens (including phenoxy) is 1. The van der Waals surface area contributed by atoms with Crippen molar-refractivity contribution in [3.8, 4) is 0 Å². The molecule has 0 bridgehead atoms. The first-order chi connectivity index (χ1) is 6.74. The lowest BCUT2D eigenvalue weighted by atomic mass is 10.1. The molecule has 3 heteroatoms. The van der Waals surface area contributed by atoms with E-state index in [0.29, 0.717) is 6.42 Å². The maximum atomic E-state index is 10.3. The van der Waals surface area contributed by atoms with Gasteiger partial charge >= 0.3 is 6.16 Å². The first-order valence-corrected chi connectivity index (χ1v) is 4.66. The van der Waals surface area contributed by atoms with Gasteiger partial charge < -0.3 is 4.74 Å². The van der Waals surface area contributed by atoms with Crippen LogP contribution in [0, 0.1) is 0 Å². The van der Waals surface area contributed by atoms with Crippen LogP contribution in [0.15, 0.2) is 30.3 Å². The molecule has 0 amide bonds. The molecule has 1 aromatic carbocycles. The van der Waals surface area contributed by atoms with E-state index in [0.717, 1.165) is 12.0 Å². The molecule has 3 nitrogen and oxygen atoms in total. The zero-order valence-corrected chi connectivity index (χ0v) is 8.10. The van der Waals surface area contributed by atoms with Gasteiger partial charge in [-0.05, 0) is 12.0 Å². The van der Waals surface area contributed by atoms with Crippen LogP contribution in [-0.2, 0) is 9.84 Å². The van der Waals surface area contributed by atoms with E-state index >= 15 is 0 Å². The minimum Gasteiger partial charge on any atom is -0.424 e. The summed E-state index contributed by atoms with van der Waals surface area (Å²) in [4.78, 5) is 10.3.